The Morgan fingerprint density at radius 1 is 1.03 bits per heavy atom. The van der Waals surface area contributed by atoms with Gasteiger partial charge >= 0.3 is 6.01 Å². The maximum Gasteiger partial charge on any atom is 0.316 e. The van der Waals surface area contributed by atoms with Gasteiger partial charge in [0.25, 0.3) is 0 Å². The van der Waals surface area contributed by atoms with Gasteiger partial charge in [-0.1, -0.05) is 19.3 Å². The van der Waals surface area contributed by atoms with Gasteiger partial charge in [0.1, 0.15) is 5.82 Å². The number of H-pyrrole nitrogens is 1. The van der Waals surface area contributed by atoms with Crippen molar-refractivity contribution in [2.75, 3.05) is 6.61 Å². The minimum absolute atomic E-state index is 0.267. The minimum Gasteiger partial charge on any atom is -0.463 e. The van der Waals surface area contributed by atoms with Crippen LogP contribution in [0.5, 0.6) is 6.01 Å². The van der Waals surface area contributed by atoms with Crippen molar-refractivity contribution in [3.8, 4) is 28.7 Å². The van der Waals surface area contributed by atoms with E-state index in [0.29, 0.717) is 25.1 Å². The molecule has 0 unspecified atom stereocenters. The lowest BCUT2D eigenvalue weighted by atomic mass is 9.95. The van der Waals surface area contributed by atoms with Gasteiger partial charge in [0, 0.05) is 30.4 Å². The Labute approximate surface area is 185 Å². The molecule has 1 aliphatic rings. The smallest absolute Gasteiger partial charge is 0.316 e. The SMILES string of the molecule is Fc1ccc(-c2ncn(C3CCCCC3)c2-c2ccnc(OCCc3c[nH]cn3)n2)cc1. The van der Waals surface area contributed by atoms with Gasteiger partial charge in [0.15, 0.2) is 0 Å². The van der Waals surface area contributed by atoms with Crippen LogP contribution >= 0.6 is 0 Å². The Kier molecular flexibility index (Phi) is 5.91. The minimum atomic E-state index is -0.267. The Morgan fingerprint density at radius 2 is 1.88 bits per heavy atom. The second-order valence-corrected chi connectivity index (χ2v) is 8.03. The van der Waals surface area contributed by atoms with E-state index in [1.54, 1.807) is 24.7 Å². The van der Waals surface area contributed by atoms with E-state index in [2.05, 4.69) is 19.5 Å². The van der Waals surface area contributed by atoms with E-state index in [1.165, 1.54) is 31.4 Å². The van der Waals surface area contributed by atoms with Gasteiger partial charge in [0.05, 0.1) is 42.0 Å². The lowest BCUT2D eigenvalue weighted by Crippen LogP contribution is -2.13. The molecule has 3 heterocycles. The molecule has 32 heavy (non-hydrogen) atoms. The number of aromatic amines is 1. The molecule has 4 aromatic rings. The molecule has 0 radical (unpaired) electrons. The Hall–Kier alpha value is -3.55. The zero-order valence-corrected chi connectivity index (χ0v) is 17.7. The highest BCUT2D eigenvalue weighted by Crippen LogP contribution is 2.37. The van der Waals surface area contributed by atoms with Crippen molar-refractivity contribution in [2.24, 2.45) is 0 Å². The van der Waals surface area contributed by atoms with Crippen LogP contribution in [0.15, 0.2) is 55.4 Å². The second kappa shape index (κ2) is 9.30. The predicted octanol–water partition coefficient (Wildman–Crippen LogP) is 5.00. The summed E-state index contributed by atoms with van der Waals surface area (Å²) in [6, 6.07) is 9.01. The van der Waals surface area contributed by atoms with Crippen LogP contribution in [0, 0.1) is 5.82 Å². The van der Waals surface area contributed by atoms with Crippen molar-refractivity contribution < 1.29 is 9.13 Å². The molecule has 7 nitrogen and oxygen atoms in total. The maximum atomic E-state index is 13.5. The summed E-state index contributed by atoms with van der Waals surface area (Å²) in [7, 11) is 0. The number of rotatable bonds is 7. The van der Waals surface area contributed by atoms with Gasteiger partial charge < -0.3 is 14.3 Å². The highest BCUT2D eigenvalue weighted by molar-refractivity contribution is 5.77. The van der Waals surface area contributed by atoms with E-state index in [-0.39, 0.29) is 5.82 Å². The molecular formula is C24H25FN6O. The number of aromatic nitrogens is 6. The van der Waals surface area contributed by atoms with Crippen LogP contribution in [0.25, 0.3) is 22.6 Å². The maximum absolute atomic E-state index is 13.5. The Bertz CT molecular complexity index is 1150. The fourth-order valence-electron chi connectivity index (χ4n) is 4.29. The molecule has 1 saturated carbocycles. The fraction of sp³-hybridized carbons (Fsp3) is 0.333. The molecule has 1 fully saturated rings. The molecule has 0 amide bonds. The average molecular weight is 433 g/mol. The van der Waals surface area contributed by atoms with E-state index in [0.717, 1.165) is 41.2 Å². The number of nitrogens with zero attached hydrogens (tertiary/aromatic N) is 5. The first-order valence-electron chi connectivity index (χ1n) is 11.0. The molecule has 0 aliphatic heterocycles. The predicted molar refractivity (Wildman–Crippen MR) is 119 cm³/mol. The van der Waals surface area contributed by atoms with Crippen LogP contribution in [0.1, 0.15) is 43.8 Å². The van der Waals surface area contributed by atoms with Crippen molar-refractivity contribution in [1.29, 1.82) is 0 Å². The molecule has 3 aromatic heterocycles. The molecular weight excluding hydrogens is 407 g/mol. The van der Waals surface area contributed by atoms with Gasteiger partial charge in [-0.25, -0.2) is 19.3 Å². The highest BCUT2D eigenvalue weighted by atomic mass is 19.1. The van der Waals surface area contributed by atoms with Crippen molar-refractivity contribution in [1.82, 2.24) is 29.5 Å². The van der Waals surface area contributed by atoms with Gasteiger partial charge in [-0.15, -0.1) is 0 Å². The molecule has 0 saturated heterocycles. The van der Waals surface area contributed by atoms with Crippen LogP contribution in [0.3, 0.4) is 0 Å². The highest BCUT2D eigenvalue weighted by Gasteiger charge is 2.23. The summed E-state index contributed by atoms with van der Waals surface area (Å²) < 4.78 is 21.6. The molecule has 1 N–H and O–H groups in total. The molecule has 5 rings (SSSR count). The summed E-state index contributed by atoms with van der Waals surface area (Å²) >= 11 is 0. The number of imidazole rings is 2. The molecule has 1 aromatic carbocycles. The monoisotopic (exact) mass is 432 g/mol. The van der Waals surface area contributed by atoms with Crippen LogP contribution in [0.2, 0.25) is 0 Å². The number of ether oxygens (including phenoxy) is 1. The Morgan fingerprint density at radius 3 is 2.66 bits per heavy atom. The average Bonchev–Trinajstić information content (AvgIpc) is 3.51. The standard InChI is InChI=1S/C24H25FN6O/c25-18-8-6-17(7-9-18)22-23(31(16-29-22)20-4-2-1-3-5-20)21-10-12-27-24(30-21)32-13-11-19-14-26-15-28-19/h6-10,12,14-16,20H,1-5,11,13H2,(H,26,28). The van der Waals surface area contributed by atoms with Crippen LogP contribution in [0.4, 0.5) is 4.39 Å². The Balaban J connectivity index is 1.47. The van der Waals surface area contributed by atoms with E-state index >= 15 is 0 Å². The van der Waals surface area contributed by atoms with Crippen molar-refractivity contribution in [3.05, 3.63) is 66.9 Å². The summed E-state index contributed by atoms with van der Waals surface area (Å²) in [6.45, 7) is 0.432. The second-order valence-electron chi connectivity index (χ2n) is 8.03. The normalized spacial score (nSPS) is 14.5. The van der Waals surface area contributed by atoms with Gasteiger partial charge in [-0.3, -0.25) is 0 Å². The zero-order chi connectivity index (χ0) is 21.8. The summed E-state index contributed by atoms with van der Waals surface area (Å²) in [6.07, 6.45) is 13.7. The lowest BCUT2D eigenvalue weighted by Gasteiger charge is -2.25. The third-order valence-electron chi connectivity index (χ3n) is 5.90. The number of hydrogen-bond donors (Lipinski definition) is 1. The fourth-order valence-corrected chi connectivity index (χ4v) is 4.29. The van der Waals surface area contributed by atoms with E-state index in [1.807, 2.05) is 18.6 Å². The summed E-state index contributed by atoms with van der Waals surface area (Å²) in [4.78, 5) is 20.8. The number of hydrogen-bond acceptors (Lipinski definition) is 5. The van der Waals surface area contributed by atoms with Crippen molar-refractivity contribution in [3.63, 3.8) is 0 Å². The van der Waals surface area contributed by atoms with Crippen LogP contribution in [-0.2, 0) is 6.42 Å². The van der Waals surface area contributed by atoms with Gasteiger partial charge in [0.2, 0.25) is 0 Å². The number of benzene rings is 1. The largest absolute Gasteiger partial charge is 0.463 e. The molecule has 0 atom stereocenters. The van der Waals surface area contributed by atoms with Gasteiger partial charge in [-0.05, 0) is 43.2 Å². The van der Waals surface area contributed by atoms with E-state index < -0.39 is 0 Å². The number of nitrogens with one attached hydrogen (secondary N) is 1. The summed E-state index contributed by atoms with van der Waals surface area (Å²) in [5.74, 6) is -0.267. The van der Waals surface area contributed by atoms with Crippen molar-refractivity contribution in [2.45, 2.75) is 44.6 Å². The first kappa shape index (κ1) is 20.4. The zero-order valence-electron chi connectivity index (χ0n) is 17.7. The third kappa shape index (κ3) is 4.39. The number of halogens is 1. The third-order valence-corrected chi connectivity index (χ3v) is 5.90. The van der Waals surface area contributed by atoms with Crippen LogP contribution < -0.4 is 4.74 Å². The molecule has 164 valence electrons. The molecule has 8 heteroatoms. The molecule has 1 aliphatic carbocycles. The topological polar surface area (TPSA) is 81.5 Å². The first-order valence-corrected chi connectivity index (χ1v) is 11.0. The van der Waals surface area contributed by atoms with E-state index in [9.17, 15) is 4.39 Å². The quantitative estimate of drug-likeness (QED) is 0.445. The summed E-state index contributed by atoms with van der Waals surface area (Å²) in [5, 5.41) is 0. The molecule has 0 spiro atoms. The van der Waals surface area contributed by atoms with Gasteiger partial charge in [-0.2, -0.15) is 4.98 Å². The van der Waals surface area contributed by atoms with Crippen LogP contribution in [-0.4, -0.2) is 36.1 Å². The lowest BCUT2D eigenvalue weighted by molar-refractivity contribution is 0.295. The molecule has 0 bridgehead atoms. The van der Waals surface area contributed by atoms with Crippen molar-refractivity contribution >= 4 is 0 Å². The first-order chi connectivity index (χ1) is 15.8. The van der Waals surface area contributed by atoms with E-state index in [4.69, 9.17) is 14.7 Å². The summed E-state index contributed by atoms with van der Waals surface area (Å²) in [5.41, 5.74) is 4.24.